The quantitative estimate of drug-likeness (QED) is 0.879. The number of hydrogen-bond donors (Lipinski definition) is 2. The van der Waals surface area contributed by atoms with E-state index in [0.29, 0.717) is 24.3 Å². The fourth-order valence-corrected chi connectivity index (χ4v) is 3.73. The van der Waals surface area contributed by atoms with E-state index in [1.165, 1.54) is 7.11 Å². The summed E-state index contributed by atoms with van der Waals surface area (Å²) in [5, 5.41) is 2.83. The van der Waals surface area contributed by atoms with Crippen LogP contribution in [0.5, 0.6) is 5.75 Å². The fourth-order valence-electron chi connectivity index (χ4n) is 2.24. The van der Waals surface area contributed by atoms with Crippen LogP contribution in [0.25, 0.3) is 0 Å². The van der Waals surface area contributed by atoms with Gasteiger partial charge in [-0.15, -0.1) is 0 Å². The minimum atomic E-state index is -3.36. The van der Waals surface area contributed by atoms with Crippen LogP contribution in [0.15, 0.2) is 18.2 Å². The van der Waals surface area contributed by atoms with Gasteiger partial charge >= 0.3 is 0 Å². The van der Waals surface area contributed by atoms with E-state index in [4.69, 9.17) is 4.74 Å². The third-order valence-electron chi connectivity index (χ3n) is 3.33. The monoisotopic (exact) mass is 284 g/mol. The Morgan fingerprint density at radius 2 is 2.00 bits per heavy atom. The van der Waals surface area contributed by atoms with Crippen molar-refractivity contribution in [2.24, 2.45) is 0 Å². The van der Waals surface area contributed by atoms with Crippen LogP contribution in [-0.2, 0) is 10.0 Å². The minimum Gasteiger partial charge on any atom is -0.495 e. The molecule has 1 aromatic carbocycles. The van der Waals surface area contributed by atoms with Crippen LogP contribution in [0.3, 0.4) is 0 Å². The molecule has 0 aliphatic carbocycles. The van der Waals surface area contributed by atoms with Gasteiger partial charge in [-0.2, -0.15) is 0 Å². The highest BCUT2D eigenvalue weighted by Crippen LogP contribution is 2.28. The molecule has 2 N–H and O–H groups in total. The lowest BCUT2D eigenvalue weighted by Gasteiger charge is -2.23. The molecule has 5 nitrogen and oxygen atoms in total. The Morgan fingerprint density at radius 1 is 1.32 bits per heavy atom. The molecule has 1 saturated heterocycles. The highest BCUT2D eigenvalue weighted by molar-refractivity contribution is 7.93. The van der Waals surface area contributed by atoms with Crippen molar-refractivity contribution in [2.75, 3.05) is 24.9 Å². The molecule has 2 rings (SSSR count). The van der Waals surface area contributed by atoms with E-state index in [0.717, 1.165) is 18.7 Å². The van der Waals surface area contributed by atoms with Gasteiger partial charge in [0.15, 0.2) is 0 Å². The van der Waals surface area contributed by atoms with Gasteiger partial charge in [-0.3, -0.25) is 4.72 Å². The number of aryl methyl sites for hydroxylation is 1. The normalized spacial score (nSPS) is 17.2. The fraction of sp³-hybridized carbons (Fsp3) is 0.538. The number of benzene rings is 1. The van der Waals surface area contributed by atoms with Gasteiger partial charge in [-0.05, 0) is 50.6 Å². The first kappa shape index (κ1) is 14.1. The molecule has 1 fully saturated rings. The van der Waals surface area contributed by atoms with Crippen LogP contribution < -0.4 is 14.8 Å². The maximum atomic E-state index is 12.3. The second kappa shape index (κ2) is 5.79. The van der Waals surface area contributed by atoms with Crippen LogP contribution in [0.1, 0.15) is 18.4 Å². The van der Waals surface area contributed by atoms with Gasteiger partial charge < -0.3 is 10.1 Å². The van der Waals surface area contributed by atoms with Crippen molar-refractivity contribution < 1.29 is 13.2 Å². The lowest BCUT2D eigenvalue weighted by Crippen LogP contribution is -2.38. The van der Waals surface area contributed by atoms with E-state index in [1.807, 2.05) is 13.0 Å². The molecule has 19 heavy (non-hydrogen) atoms. The number of sulfonamides is 1. The SMILES string of the molecule is COc1ccc(C)cc1NS(=O)(=O)C1CCNCC1. The highest BCUT2D eigenvalue weighted by Gasteiger charge is 2.27. The molecule has 0 aromatic heterocycles. The Kier molecular flexibility index (Phi) is 4.31. The molecule has 0 saturated carbocycles. The van der Waals surface area contributed by atoms with Crippen LogP contribution in [0, 0.1) is 6.92 Å². The van der Waals surface area contributed by atoms with E-state index in [1.54, 1.807) is 12.1 Å². The maximum absolute atomic E-state index is 12.3. The zero-order valence-corrected chi connectivity index (χ0v) is 12.1. The summed E-state index contributed by atoms with van der Waals surface area (Å²) in [7, 11) is -1.82. The molecule has 1 aliphatic heterocycles. The predicted octanol–water partition coefficient (Wildman–Crippen LogP) is 1.50. The van der Waals surface area contributed by atoms with Gasteiger partial charge in [0, 0.05) is 0 Å². The number of ether oxygens (including phenoxy) is 1. The summed E-state index contributed by atoms with van der Waals surface area (Å²) < 4.78 is 32.5. The Hall–Kier alpha value is -1.27. The Morgan fingerprint density at radius 3 is 2.63 bits per heavy atom. The van der Waals surface area contributed by atoms with Gasteiger partial charge in [0.2, 0.25) is 10.0 Å². The van der Waals surface area contributed by atoms with Crippen LogP contribution >= 0.6 is 0 Å². The molecule has 106 valence electrons. The van der Waals surface area contributed by atoms with E-state index in [9.17, 15) is 8.42 Å². The average molecular weight is 284 g/mol. The summed E-state index contributed by atoms with van der Waals surface area (Å²) in [5.74, 6) is 0.545. The summed E-state index contributed by atoms with van der Waals surface area (Å²) in [6, 6.07) is 5.45. The minimum absolute atomic E-state index is 0.334. The summed E-state index contributed by atoms with van der Waals surface area (Å²) in [6.45, 7) is 3.41. The lowest BCUT2D eigenvalue weighted by molar-refractivity contribution is 0.416. The van der Waals surface area contributed by atoms with Crippen molar-refractivity contribution in [3.05, 3.63) is 23.8 Å². The zero-order chi connectivity index (χ0) is 13.9. The zero-order valence-electron chi connectivity index (χ0n) is 11.3. The largest absolute Gasteiger partial charge is 0.495 e. The van der Waals surface area contributed by atoms with Gasteiger partial charge in [0.05, 0.1) is 18.0 Å². The number of methoxy groups -OCH3 is 1. The molecule has 0 bridgehead atoms. The maximum Gasteiger partial charge on any atom is 0.235 e. The van der Waals surface area contributed by atoms with Gasteiger partial charge in [-0.1, -0.05) is 6.07 Å². The Bertz CT molecular complexity index is 537. The predicted molar refractivity (Wildman–Crippen MR) is 76.2 cm³/mol. The molecule has 0 amide bonds. The third kappa shape index (κ3) is 3.39. The van der Waals surface area contributed by atoms with Crippen LogP contribution in [0.4, 0.5) is 5.69 Å². The first-order valence-electron chi connectivity index (χ1n) is 6.40. The van der Waals surface area contributed by atoms with E-state index in [2.05, 4.69) is 10.0 Å². The molecule has 0 atom stereocenters. The molecular formula is C13H20N2O3S. The summed E-state index contributed by atoms with van der Waals surface area (Å²) >= 11 is 0. The van der Waals surface area contributed by atoms with Crippen LogP contribution in [-0.4, -0.2) is 33.9 Å². The molecular weight excluding hydrogens is 264 g/mol. The van der Waals surface area contributed by atoms with Crippen molar-refractivity contribution in [3.63, 3.8) is 0 Å². The smallest absolute Gasteiger partial charge is 0.235 e. The topological polar surface area (TPSA) is 67.4 Å². The van der Waals surface area contributed by atoms with Crippen molar-refractivity contribution in [2.45, 2.75) is 25.0 Å². The molecule has 6 heteroatoms. The number of rotatable bonds is 4. The van der Waals surface area contributed by atoms with Crippen molar-refractivity contribution in [1.82, 2.24) is 5.32 Å². The lowest BCUT2D eigenvalue weighted by atomic mass is 10.2. The van der Waals surface area contributed by atoms with E-state index >= 15 is 0 Å². The van der Waals surface area contributed by atoms with Crippen LogP contribution in [0.2, 0.25) is 0 Å². The average Bonchev–Trinajstić information content (AvgIpc) is 2.39. The third-order valence-corrected chi connectivity index (χ3v) is 5.19. The van der Waals surface area contributed by atoms with Crippen molar-refractivity contribution in [1.29, 1.82) is 0 Å². The van der Waals surface area contributed by atoms with Gasteiger partial charge in [0.25, 0.3) is 0 Å². The number of nitrogens with one attached hydrogen (secondary N) is 2. The summed E-state index contributed by atoms with van der Waals surface area (Å²) in [5.41, 5.74) is 1.50. The first-order valence-corrected chi connectivity index (χ1v) is 7.94. The molecule has 0 spiro atoms. The summed E-state index contributed by atoms with van der Waals surface area (Å²) in [6.07, 6.45) is 1.28. The van der Waals surface area contributed by atoms with Gasteiger partial charge in [-0.25, -0.2) is 8.42 Å². The Balaban J connectivity index is 2.21. The second-order valence-corrected chi connectivity index (χ2v) is 6.76. The number of anilines is 1. The molecule has 1 aromatic rings. The van der Waals surface area contributed by atoms with Crippen molar-refractivity contribution in [3.8, 4) is 5.75 Å². The Labute approximate surface area is 114 Å². The molecule has 0 radical (unpaired) electrons. The second-order valence-electron chi connectivity index (χ2n) is 4.80. The number of hydrogen-bond acceptors (Lipinski definition) is 4. The highest BCUT2D eigenvalue weighted by atomic mass is 32.2. The molecule has 1 aliphatic rings. The van der Waals surface area contributed by atoms with E-state index < -0.39 is 10.0 Å². The first-order chi connectivity index (χ1) is 9.03. The molecule has 0 unspecified atom stereocenters. The van der Waals surface area contributed by atoms with E-state index in [-0.39, 0.29) is 5.25 Å². The molecule has 1 heterocycles. The van der Waals surface area contributed by atoms with Gasteiger partial charge in [0.1, 0.15) is 5.75 Å². The summed E-state index contributed by atoms with van der Waals surface area (Å²) in [4.78, 5) is 0. The van der Waals surface area contributed by atoms with Crippen molar-refractivity contribution >= 4 is 15.7 Å². The number of piperidine rings is 1. The standard InChI is InChI=1S/C13H20N2O3S/c1-10-3-4-13(18-2)12(9-10)15-19(16,17)11-5-7-14-8-6-11/h3-4,9,11,14-15H,5-8H2,1-2H3.